The van der Waals surface area contributed by atoms with Gasteiger partial charge in [0.15, 0.2) is 0 Å². The number of esters is 2. The topological polar surface area (TPSA) is 153 Å². The summed E-state index contributed by atoms with van der Waals surface area (Å²) < 4.78 is 4.12. The molecule has 0 aliphatic carbocycles. The highest BCUT2D eigenvalue weighted by atomic mass is 16.6. The van der Waals surface area contributed by atoms with Crippen LogP contribution in [0.4, 0.5) is 0 Å². The molecule has 0 saturated carbocycles. The molecule has 6 N–H and O–H groups in total. The van der Waals surface area contributed by atoms with E-state index in [0.717, 1.165) is 0 Å². The van der Waals surface area contributed by atoms with Gasteiger partial charge in [0.1, 0.15) is 12.1 Å². The van der Waals surface area contributed by atoms with Crippen molar-refractivity contribution in [3.05, 3.63) is 0 Å². The standard InChI is InChI=1S/C7H12N2O6/c8-3(6(12)13)1-5(11)15-7(14)4(9)2-10/h3-4,10H,1-2,8-9H2,(H,12,13)/t3-,4-/m0/s1. The second kappa shape index (κ2) is 6.06. The number of carbonyl (C=O) groups excluding carboxylic acids is 2. The number of nitrogens with two attached hydrogens (primary N) is 2. The molecule has 0 aromatic heterocycles. The lowest BCUT2D eigenvalue weighted by Crippen LogP contribution is -2.39. The van der Waals surface area contributed by atoms with Gasteiger partial charge in [-0.05, 0) is 0 Å². The number of carbonyl (C=O) groups is 3. The van der Waals surface area contributed by atoms with Crippen molar-refractivity contribution < 1.29 is 29.3 Å². The Hall–Kier alpha value is -1.51. The Kier molecular flexibility index (Phi) is 5.45. The summed E-state index contributed by atoms with van der Waals surface area (Å²) in [4.78, 5) is 31.9. The summed E-state index contributed by atoms with van der Waals surface area (Å²) in [5.41, 5.74) is 10.0. The third-order valence-corrected chi connectivity index (χ3v) is 1.42. The van der Waals surface area contributed by atoms with Gasteiger partial charge in [-0.15, -0.1) is 0 Å². The molecule has 0 saturated heterocycles. The second-order valence-corrected chi connectivity index (χ2v) is 2.73. The predicted octanol–water partition coefficient (Wildman–Crippen LogP) is -2.82. The maximum atomic E-state index is 10.9. The van der Waals surface area contributed by atoms with Crippen molar-refractivity contribution in [2.45, 2.75) is 18.5 Å². The van der Waals surface area contributed by atoms with Crippen LogP contribution in [0, 0.1) is 0 Å². The minimum atomic E-state index is -1.43. The van der Waals surface area contributed by atoms with Gasteiger partial charge in [0.2, 0.25) is 0 Å². The first-order chi connectivity index (χ1) is 6.88. The molecule has 0 amide bonds. The lowest BCUT2D eigenvalue weighted by molar-refractivity contribution is -0.162. The van der Waals surface area contributed by atoms with E-state index in [1.165, 1.54) is 0 Å². The summed E-state index contributed by atoms with van der Waals surface area (Å²) in [6, 6.07) is -2.76. The first kappa shape index (κ1) is 13.5. The number of carboxylic acid groups (broad SMARTS) is 1. The fraction of sp³-hybridized carbons (Fsp3) is 0.571. The van der Waals surface area contributed by atoms with Gasteiger partial charge >= 0.3 is 17.9 Å². The molecule has 2 atom stereocenters. The minimum Gasteiger partial charge on any atom is -0.480 e. The minimum absolute atomic E-state index is 0.640. The first-order valence-corrected chi connectivity index (χ1v) is 3.97. The van der Waals surface area contributed by atoms with E-state index in [2.05, 4.69) is 4.74 Å². The van der Waals surface area contributed by atoms with Crippen LogP contribution >= 0.6 is 0 Å². The van der Waals surface area contributed by atoms with E-state index >= 15 is 0 Å². The zero-order valence-electron chi connectivity index (χ0n) is 7.75. The van der Waals surface area contributed by atoms with Crippen molar-refractivity contribution in [2.75, 3.05) is 6.61 Å². The number of aliphatic hydroxyl groups excluding tert-OH is 1. The molecule has 0 bridgehead atoms. The number of rotatable bonds is 5. The van der Waals surface area contributed by atoms with E-state index in [1.807, 2.05) is 0 Å². The zero-order valence-corrected chi connectivity index (χ0v) is 7.75. The van der Waals surface area contributed by atoms with Crippen LogP contribution < -0.4 is 11.5 Å². The lowest BCUT2D eigenvalue weighted by Gasteiger charge is -2.08. The Bertz CT molecular complexity index is 266. The van der Waals surface area contributed by atoms with E-state index in [-0.39, 0.29) is 0 Å². The Labute approximate surface area is 84.8 Å². The van der Waals surface area contributed by atoms with Crippen LogP contribution in [-0.2, 0) is 19.1 Å². The normalized spacial score (nSPS) is 14.1. The zero-order chi connectivity index (χ0) is 12.0. The second-order valence-electron chi connectivity index (χ2n) is 2.73. The summed E-state index contributed by atoms with van der Waals surface area (Å²) in [6.45, 7) is -0.670. The highest BCUT2D eigenvalue weighted by Crippen LogP contribution is 1.94. The molecule has 0 aromatic carbocycles. The SMILES string of the molecule is N[C@@H](CC(=O)OC(=O)[C@@H](N)CO)C(=O)O. The van der Waals surface area contributed by atoms with Gasteiger partial charge in [-0.3, -0.25) is 9.59 Å². The van der Waals surface area contributed by atoms with Gasteiger partial charge in [-0.2, -0.15) is 0 Å². The number of hydrogen-bond acceptors (Lipinski definition) is 7. The molecule has 0 aromatic rings. The fourth-order valence-corrected chi connectivity index (χ4v) is 0.571. The van der Waals surface area contributed by atoms with E-state index < -0.39 is 43.0 Å². The molecule has 0 aliphatic heterocycles. The number of aliphatic carboxylic acids is 1. The maximum Gasteiger partial charge on any atom is 0.332 e. The van der Waals surface area contributed by atoms with Crippen LogP contribution in [0.25, 0.3) is 0 Å². The fourth-order valence-electron chi connectivity index (χ4n) is 0.571. The Morgan fingerprint density at radius 1 is 1.20 bits per heavy atom. The van der Waals surface area contributed by atoms with Crippen LogP contribution in [0.3, 0.4) is 0 Å². The van der Waals surface area contributed by atoms with Gasteiger partial charge in [0.05, 0.1) is 13.0 Å². The molecular weight excluding hydrogens is 208 g/mol. The Morgan fingerprint density at radius 3 is 2.13 bits per heavy atom. The molecular formula is C7H12N2O6. The van der Waals surface area contributed by atoms with E-state index in [1.54, 1.807) is 0 Å². The average Bonchev–Trinajstić information content (AvgIpc) is 2.15. The summed E-state index contributed by atoms with van der Waals surface area (Å²) in [6.07, 6.45) is -0.640. The van der Waals surface area contributed by atoms with Crippen LogP contribution in [0.5, 0.6) is 0 Å². The van der Waals surface area contributed by atoms with Gasteiger partial charge in [0, 0.05) is 0 Å². The lowest BCUT2D eigenvalue weighted by atomic mass is 10.2. The molecule has 0 unspecified atom stereocenters. The largest absolute Gasteiger partial charge is 0.480 e. The summed E-state index contributed by atoms with van der Waals surface area (Å²) in [7, 11) is 0. The monoisotopic (exact) mass is 220 g/mol. The van der Waals surface area contributed by atoms with Crippen molar-refractivity contribution in [3.8, 4) is 0 Å². The number of ether oxygens (including phenoxy) is 1. The Balaban J connectivity index is 4.04. The Morgan fingerprint density at radius 2 is 1.73 bits per heavy atom. The van der Waals surface area contributed by atoms with Gasteiger partial charge in [0.25, 0.3) is 0 Å². The highest BCUT2D eigenvalue weighted by Gasteiger charge is 2.22. The van der Waals surface area contributed by atoms with Crippen molar-refractivity contribution in [1.29, 1.82) is 0 Å². The van der Waals surface area contributed by atoms with Crippen LogP contribution in [-0.4, -0.2) is 46.8 Å². The summed E-state index contributed by atoms with van der Waals surface area (Å²) in [5, 5.41) is 16.8. The number of hydrogen-bond donors (Lipinski definition) is 4. The molecule has 8 heteroatoms. The van der Waals surface area contributed by atoms with Gasteiger partial charge in [-0.25, -0.2) is 4.79 Å². The van der Waals surface area contributed by atoms with Gasteiger partial charge in [-0.1, -0.05) is 0 Å². The molecule has 0 fully saturated rings. The first-order valence-electron chi connectivity index (χ1n) is 3.97. The third-order valence-electron chi connectivity index (χ3n) is 1.42. The summed E-state index contributed by atoms with van der Waals surface area (Å²) in [5.74, 6) is -3.61. The van der Waals surface area contributed by atoms with Crippen molar-refractivity contribution in [1.82, 2.24) is 0 Å². The maximum absolute atomic E-state index is 10.9. The van der Waals surface area contributed by atoms with Crippen LogP contribution in [0.2, 0.25) is 0 Å². The van der Waals surface area contributed by atoms with Gasteiger partial charge < -0.3 is 26.4 Å². The van der Waals surface area contributed by atoms with Crippen LogP contribution in [0.15, 0.2) is 0 Å². The van der Waals surface area contributed by atoms with Crippen LogP contribution in [0.1, 0.15) is 6.42 Å². The quantitative estimate of drug-likeness (QED) is 0.286. The van der Waals surface area contributed by atoms with E-state index in [9.17, 15) is 14.4 Å². The molecule has 0 rings (SSSR count). The van der Waals surface area contributed by atoms with E-state index in [0.29, 0.717) is 0 Å². The molecule has 86 valence electrons. The molecule has 0 aliphatic rings. The predicted molar refractivity (Wildman–Crippen MR) is 46.4 cm³/mol. The molecule has 0 heterocycles. The summed E-state index contributed by atoms with van der Waals surface area (Å²) >= 11 is 0. The van der Waals surface area contributed by atoms with E-state index in [4.69, 9.17) is 21.7 Å². The molecule has 8 nitrogen and oxygen atoms in total. The van der Waals surface area contributed by atoms with Crippen molar-refractivity contribution in [2.24, 2.45) is 11.5 Å². The average molecular weight is 220 g/mol. The number of aliphatic hydroxyl groups is 1. The molecule has 15 heavy (non-hydrogen) atoms. The molecule has 0 radical (unpaired) electrons. The molecule has 0 spiro atoms. The third kappa shape index (κ3) is 5.05. The number of carboxylic acids is 1. The smallest absolute Gasteiger partial charge is 0.332 e. The van der Waals surface area contributed by atoms with Crippen molar-refractivity contribution in [3.63, 3.8) is 0 Å². The highest BCUT2D eigenvalue weighted by molar-refractivity contribution is 5.90. The van der Waals surface area contributed by atoms with Crippen molar-refractivity contribution >= 4 is 17.9 Å².